The molecular weight excluding hydrogens is 292 g/mol. The van der Waals surface area contributed by atoms with Crippen molar-refractivity contribution in [3.8, 4) is 11.6 Å². The highest BCUT2D eigenvalue weighted by Gasteiger charge is 2.07. The standard InChI is InChI=1S/C14H15BrN2O/c1-9(2)11-5-4-10(3)12(6-11)18-14-7-13(15)16-8-17-14/h4-9H,1-3H3. The van der Waals surface area contributed by atoms with E-state index in [0.29, 0.717) is 16.4 Å². The van der Waals surface area contributed by atoms with E-state index in [4.69, 9.17) is 4.74 Å². The molecule has 0 radical (unpaired) electrons. The molecule has 0 fully saturated rings. The van der Waals surface area contributed by atoms with Gasteiger partial charge in [-0.25, -0.2) is 9.97 Å². The van der Waals surface area contributed by atoms with E-state index in [1.807, 2.05) is 6.92 Å². The van der Waals surface area contributed by atoms with Crippen molar-refractivity contribution >= 4 is 15.9 Å². The molecule has 0 aliphatic carbocycles. The molecular formula is C14H15BrN2O. The lowest BCUT2D eigenvalue weighted by Crippen LogP contribution is -1.94. The van der Waals surface area contributed by atoms with Crippen molar-refractivity contribution in [2.24, 2.45) is 0 Å². The maximum atomic E-state index is 5.80. The topological polar surface area (TPSA) is 35.0 Å². The second kappa shape index (κ2) is 5.48. The minimum atomic E-state index is 0.477. The third-order valence-corrected chi connectivity index (χ3v) is 3.14. The molecule has 3 nitrogen and oxygen atoms in total. The summed E-state index contributed by atoms with van der Waals surface area (Å²) < 4.78 is 6.51. The Hall–Kier alpha value is -1.42. The Morgan fingerprint density at radius 3 is 2.61 bits per heavy atom. The predicted molar refractivity (Wildman–Crippen MR) is 75.1 cm³/mol. The van der Waals surface area contributed by atoms with Crippen molar-refractivity contribution in [2.75, 3.05) is 0 Å². The molecule has 2 rings (SSSR count). The van der Waals surface area contributed by atoms with E-state index in [1.165, 1.54) is 11.9 Å². The predicted octanol–water partition coefficient (Wildman–Crippen LogP) is 4.46. The van der Waals surface area contributed by atoms with Crippen LogP contribution in [0.15, 0.2) is 35.2 Å². The molecule has 0 N–H and O–H groups in total. The molecule has 0 aliphatic rings. The molecule has 0 atom stereocenters. The molecule has 0 saturated carbocycles. The number of aryl methyl sites for hydroxylation is 1. The summed E-state index contributed by atoms with van der Waals surface area (Å²) in [7, 11) is 0. The molecule has 1 aromatic carbocycles. The summed E-state index contributed by atoms with van der Waals surface area (Å²) in [5.74, 6) is 1.86. The Labute approximate surface area is 115 Å². The van der Waals surface area contributed by atoms with Gasteiger partial charge in [0.15, 0.2) is 0 Å². The third kappa shape index (κ3) is 3.07. The monoisotopic (exact) mass is 306 g/mol. The van der Waals surface area contributed by atoms with Gasteiger partial charge in [-0.3, -0.25) is 0 Å². The number of benzene rings is 1. The molecule has 1 aromatic heterocycles. The summed E-state index contributed by atoms with van der Waals surface area (Å²) in [4.78, 5) is 8.06. The largest absolute Gasteiger partial charge is 0.439 e. The van der Waals surface area contributed by atoms with Crippen LogP contribution in [0.4, 0.5) is 0 Å². The lowest BCUT2D eigenvalue weighted by molar-refractivity contribution is 0.456. The maximum Gasteiger partial charge on any atom is 0.223 e. The van der Waals surface area contributed by atoms with E-state index in [9.17, 15) is 0 Å². The first-order valence-electron chi connectivity index (χ1n) is 5.82. The second-order valence-electron chi connectivity index (χ2n) is 4.46. The van der Waals surface area contributed by atoms with Crippen LogP contribution >= 0.6 is 15.9 Å². The lowest BCUT2D eigenvalue weighted by Gasteiger charge is -2.11. The molecule has 0 unspecified atom stereocenters. The van der Waals surface area contributed by atoms with Crippen LogP contribution in [-0.2, 0) is 0 Å². The van der Waals surface area contributed by atoms with Gasteiger partial charge in [0.1, 0.15) is 16.7 Å². The maximum absolute atomic E-state index is 5.80. The summed E-state index contributed by atoms with van der Waals surface area (Å²) >= 11 is 3.30. The van der Waals surface area contributed by atoms with E-state index in [2.05, 4.69) is 57.9 Å². The number of aromatic nitrogens is 2. The summed E-state index contributed by atoms with van der Waals surface area (Å²) in [6, 6.07) is 8.02. The number of hydrogen-bond acceptors (Lipinski definition) is 3. The van der Waals surface area contributed by atoms with Crippen LogP contribution in [0.2, 0.25) is 0 Å². The fourth-order valence-electron chi connectivity index (χ4n) is 1.57. The first kappa shape index (κ1) is 13.0. The van der Waals surface area contributed by atoms with Gasteiger partial charge in [-0.2, -0.15) is 0 Å². The lowest BCUT2D eigenvalue weighted by atomic mass is 10.0. The second-order valence-corrected chi connectivity index (χ2v) is 5.27. The van der Waals surface area contributed by atoms with E-state index in [-0.39, 0.29) is 0 Å². The van der Waals surface area contributed by atoms with Crippen molar-refractivity contribution in [3.63, 3.8) is 0 Å². The number of halogens is 1. The van der Waals surface area contributed by atoms with Gasteiger partial charge in [0.2, 0.25) is 5.88 Å². The van der Waals surface area contributed by atoms with Crippen LogP contribution in [0.1, 0.15) is 30.9 Å². The molecule has 1 heterocycles. The molecule has 94 valence electrons. The molecule has 0 bridgehead atoms. The molecule has 18 heavy (non-hydrogen) atoms. The molecule has 0 aliphatic heterocycles. The Morgan fingerprint density at radius 2 is 1.94 bits per heavy atom. The van der Waals surface area contributed by atoms with Crippen molar-refractivity contribution in [1.82, 2.24) is 9.97 Å². The van der Waals surface area contributed by atoms with Crippen LogP contribution in [0, 0.1) is 6.92 Å². The Bertz CT molecular complexity index is 555. The minimum Gasteiger partial charge on any atom is -0.439 e. The highest BCUT2D eigenvalue weighted by Crippen LogP contribution is 2.28. The van der Waals surface area contributed by atoms with E-state index in [0.717, 1.165) is 11.3 Å². The Kier molecular flexibility index (Phi) is 3.97. The van der Waals surface area contributed by atoms with Gasteiger partial charge in [-0.15, -0.1) is 0 Å². The number of rotatable bonds is 3. The normalized spacial score (nSPS) is 10.7. The van der Waals surface area contributed by atoms with E-state index >= 15 is 0 Å². The van der Waals surface area contributed by atoms with E-state index < -0.39 is 0 Å². The molecule has 0 spiro atoms. The molecule has 0 saturated heterocycles. The fraction of sp³-hybridized carbons (Fsp3) is 0.286. The summed E-state index contributed by atoms with van der Waals surface area (Å²) in [6.07, 6.45) is 1.47. The highest BCUT2D eigenvalue weighted by atomic mass is 79.9. The van der Waals surface area contributed by atoms with Crippen molar-refractivity contribution in [2.45, 2.75) is 26.7 Å². The van der Waals surface area contributed by atoms with Gasteiger partial charge in [0.05, 0.1) is 0 Å². The van der Waals surface area contributed by atoms with Crippen LogP contribution < -0.4 is 4.74 Å². The first-order valence-corrected chi connectivity index (χ1v) is 6.61. The first-order chi connectivity index (χ1) is 8.56. The van der Waals surface area contributed by atoms with Gasteiger partial charge in [0, 0.05) is 6.07 Å². The zero-order chi connectivity index (χ0) is 13.1. The Morgan fingerprint density at radius 1 is 1.17 bits per heavy atom. The molecule has 0 amide bonds. The quantitative estimate of drug-likeness (QED) is 0.785. The minimum absolute atomic E-state index is 0.477. The van der Waals surface area contributed by atoms with Gasteiger partial charge < -0.3 is 4.74 Å². The number of hydrogen-bond donors (Lipinski definition) is 0. The van der Waals surface area contributed by atoms with Crippen molar-refractivity contribution in [3.05, 3.63) is 46.3 Å². The third-order valence-electron chi connectivity index (χ3n) is 2.70. The van der Waals surface area contributed by atoms with Gasteiger partial charge in [0.25, 0.3) is 0 Å². The zero-order valence-corrected chi connectivity index (χ0v) is 12.2. The highest BCUT2D eigenvalue weighted by molar-refractivity contribution is 9.10. The summed E-state index contributed by atoms with van der Waals surface area (Å²) in [5, 5.41) is 0. The zero-order valence-electron chi connectivity index (χ0n) is 10.6. The van der Waals surface area contributed by atoms with Crippen LogP contribution in [-0.4, -0.2) is 9.97 Å². The fourth-order valence-corrected chi connectivity index (χ4v) is 1.86. The number of nitrogens with zero attached hydrogens (tertiary/aromatic N) is 2. The SMILES string of the molecule is Cc1ccc(C(C)C)cc1Oc1cc(Br)ncn1. The van der Waals surface area contributed by atoms with Crippen molar-refractivity contribution in [1.29, 1.82) is 0 Å². The van der Waals surface area contributed by atoms with Gasteiger partial charge in [-0.05, 0) is 46.0 Å². The summed E-state index contributed by atoms with van der Waals surface area (Å²) in [5.41, 5.74) is 2.35. The van der Waals surface area contributed by atoms with Crippen LogP contribution in [0.5, 0.6) is 11.6 Å². The average Bonchev–Trinajstić information content (AvgIpc) is 2.31. The average molecular weight is 307 g/mol. The number of ether oxygens (including phenoxy) is 1. The van der Waals surface area contributed by atoms with Crippen LogP contribution in [0.3, 0.4) is 0 Å². The van der Waals surface area contributed by atoms with E-state index in [1.54, 1.807) is 6.07 Å². The smallest absolute Gasteiger partial charge is 0.223 e. The molecule has 2 aromatic rings. The van der Waals surface area contributed by atoms with Gasteiger partial charge >= 0.3 is 0 Å². The van der Waals surface area contributed by atoms with Crippen LogP contribution in [0.25, 0.3) is 0 Å². The van der Waals surface area contributed by atoms with Crippen molar-refractivity contribution < 1.29 is 4.74 Å². The Balaban J connectivity index is 2.30. The molecule has 4 heteroatoms. The summed E-state index contributed by atoms with van der Waals surface area (Å²) in [6.45, 7) is 6.35. The van der Waals surface area contributed by atoms with Gasteiger partial charge in [-0.1, -0.05) is 26.0 Å².